The van der Waals surface area contributed by atoms with E-state index in [4.69, 9.17) is 4.42 Å². The van der Waals surface area contributed by atoms with Crippen LogP contribution in [0.15, 0.2) is 71.6 Å². The highest BCUT2D eigenvalue weighted by Gasteiger charge is 2.31. The molecule has 0 aliphatic heterocycles. The van der Waals surface area contributed by atoms with Gasteiger partial charge in [-0.05, 0) is 48.4 Å². The van der Waals surface area contributed by atoms with E-state index in [1.54, 1.807) is 52.5 Å². The van der Waals surface area contributed by atoms with E-state index >= 15 is 0 Å². The molecular weight excluding hydrogens is 420 g/mol. The molecule has 1 N–H and O–H groups in total. The van der Waals surface area contributed by atoms with Crippen LogP contribution in [-0.2, 0) is 22.7 Å². The first-order valence-corrected chi connectivity index (χ1v) is 10.9. The maximum absolute atomic E-state index is 13.5. The standard InChI is InChI=1S/C24H26N6O3/c1-2-3-14-29(22(31)17-30-21-9-5-4-8-20(21)27-28-30)23(18-10-12-25-13-11-18)24(32)26-16-19-7-6-15-33-19/h4-13,15,23H,2-3,14,16-17H2,1H3,(H,26,32)/t23-/m1/s1. The van der Waals surface area contributed by atoms with E-state index in [9.17, 15) is 9.59 Å². The van der Waals surface area contributed by atoms with Gasteiger partial charge in [-0.25, -0.2) is 4.68 Å². The molecule has 9 heteroatoms. The fourth-order valence-corrected chi connectivity index (χ4v) is 3.68. The minimum atomic E-state index is -0.809. The summed E-state index contributed by atoms with van der Waals surface area (Å²) in [7, 11) is 0. The maximum atomic E-state index is 13.5. The van der Waals surface area contributed by atoms with Crippen LogP contribution < -0.4 is 5.32 Å². The first-order chi connectivity index (χ1) is 16.2. The summed E-state index contributed by atoms with van der Waals surface area (Å²) in [5.74, 6) is 0.136. The molecule has 3 aromatic heterocycles. The monoisotopic (exact) mass is 446 g/mol. The van der Waals surface area contributed by atoms with Crippen LogP contribution in [0.2, 0.25) is 0 Å². The molecule has 0 unspecified atom stereocenters. The normalized spacial score (nSPS) is 11.9. The van der Waals surface area contributed by atoms with Crippen molar-refractivity contribution in [2.24, 2.45) is 0 Å². The number of amides is 2. The van der Waals surface area contributed by atoms with Gasteiger partial charge in [0.05, 0.1) is 18.3 Å². The smallest absolute Gasteiger partial charge is 0.247 e. The van der Waals surface area contributed by atoms with Gasteiger partial charge in [0.1, 0.15) is 23.9 Å². The highest BCUT2D eigenvalue weighted by Crippen LogP contribution is 2.23. The van der Waals surface area contributed by atoms with Crippen LogP contribution in [0.3, 0.4) is 0 Å². The second-order valence-electron chi connectivity index (χ2n) is 7.66. The molecule has 4 aromatic rings. The van der Waals surface area contributed by atoms with Crippen LogP contribution in [0.25, 0.3) is 11.0 Å². The van der Waals surface area contributed by atoms with Crippen molar-refractivity contribution in [3.05, 3.63) is 78.5 Å². The second kappa shape index (κ2) is 10.5. The molecule has 170 valence electrons. The molecule has 0 bridgehead atoms. The lowest BCUT2D eigenvalue weighted by Gasteiger charge is -2.31. The maximum Gasteiger partial charge on any atom is 0.247 e. The lowest BCUT2D eigenvalue weighted by atomic mass is 10.0. The number of hydrogen-bond acceptors (Lipinski definition) is 6. The predicted octanol–water partition coefficient (Wildman–Crippen LogP) is 3.11. The van der Waals surface area contributed by atoms with Gasteiger partial charge < -0.3 is 14.6 Å². The summed E-state index contributed by atoms with van der Waals surface area (Å²) in [5.41, 5.74) is 2.17. The molecule has 1 aromatic carbocycles. The predicted molar refractivity (Wildman–Crippen MR) is 122 cm³/mol. The van der Waals surface area contributed by atoms with Gasteiger partial charge >= 0.3 is 0 Å². The number of nitrogens with one attached hydrogen (secondary N) is 1. The Morgan fingerprint density at radius 3 is 2.70 bits per heavy atom. The summed E-state index contributed by atoms with van der Waals surface area (Å²) in [6.45, 7) is 2.70. The number of pyridine rings is 1. The number of carbonyl (C=O) groups is 2. The number of nitrogens with zero attached hydrogens (tertiary/aromatic N) is 5. The van der Waals surface area contributed by atoms with Gasteiger partial charge in [-0.3, -0.25) is 14.6 Å². The number of fused-ring (bicyclic) bond motifs is 1. The van der Waals surface area contributed by atoms with Gasteiger partial charge in [0, 0.05) is 18.9 Å². The third-order valence-corrected chi connectivity index (χ3v) is 5.38. The zero-order chi connectivity index (χ0) is 23.0. The van der Waals surface area contributed by atoms with Gasteiger partial charge in [-0.2, -0.15) is 0 Å². The van der Waals surface area contributed by atoms with Crippen molar-refractivity contribution in [1.82, 2.24) is 30.2 Å². The Bertz CT molecular complexity index is 1190. The zero-order valence-corrected chi connectivity index (χ0v) is 18.4. The van der Waals surface area contributed by atoms with Crippen molar-refractivity contribution in [2.75, 3.05) is 6.54 Å². The van der Waals surface area contributed by atoms with Crippen LogP contribution in [-0.4, -0.2) is 43.2 Å². The van der Waals surface area contributed by atoms with Crippen molar-refractivity contribution in [1.29, 1.82) is 0 Å². The summed E-state index contributed by atoms with van der Waals surface area (Å²) in [6.07, 6.45) is 6.44. The third kappa shape index (κ3) is 5.25. The van der Waals surface area contributed by atoms with Crippen LogP contribution in [0, 0.1) is 0 Å². The molecule has 33 heavy (non-hydrogen) atoms. The summed E-state index contributed by atoms with van der Waals surface area (Å²) >= 11 is 0. The Kier molecular flexibility index (Phi) is 7.09. The SMILES string of the molecule is CCCCN(C(=O)Cn1nnc2ccccc21)[C@@H](C(=O)NCc1ccco1)c1ccncc1. The Morgan fingerprint density at radius 2 is 1.94 bits per heavy atom. The average molecular weight is 447 g/mol. The first kappa shape index (κ1) is 22.2. The van der Waals surface area contributed by atoms with Crippen molar-refractivity contribution >= 4 is 22.8 Å². The fraction of sp³-hybridized carbons (Fsp3) is 0.292. The number of rotatable bonds is 10. The van der Waals surface area contributed by atoms with Crippen LogP contribution >= 0.6 is 0 Å². The Labute approximate surface area is 191 Å². The molecule has 0 saturated heterocycles. The van der Waals surface area contributed by atoms with Crippen molar-refractivity contribution in [2.45, 2.75) is 38.9 Å². The third-order valence-electron chi connectivity index (χ3n) is 5.38. The minimum absolute atomic E-state index is 0.0166. The number of aromatic nitrogens is 4. The molecule has 3 heterocycles. The number of furan rings is 1. The molecular formula is C24H26N6O3. The molecule has 0 aliphatic carbocycles. The van der Waals surface area contributed by atoms with E-state index in [1.165, 1.54) is 0 Å². The number of para-hydroxylation sites is 1. The average Bonchev–Trinajstić information content (AvgIpc) is 3.51. The molecule has 2 amide bonds. The fourth-order valence-electron chi connectivity index (χ4n) is 3.68. The van der Waals surface area contributed by atoms with E-state index in [0.29, 0.717) is 23.4 Å². The number of carbonyl (C=O) groups excluding carboxylic acids is 2. The molecule has 4 rings (SSSR count). The lowest BCUT2D eigenvalue weighted by molar-refractivity contribution is -0.141. The Balaban J connectivity index is 1.61. The second-order valence-corrected chi connectivity index (χ2v) is 7.66. The summed E-state index contributed by atoms with van der Waals surface area (Å²) < 4.78 is 6.90. The van der Waals surface area contributed by atoms with Crippen molar-refractivity contribution in [3.8, 4) is 0 Å². The zero-order valence-electron chi connectivity index (χ0n) is 18.4. The van der Waals surface area contributed by atoms with E-state index in [1.807, 2.05) is 31.2 Å². The quantitative estimate of drug-likeness (QED) is 0.401. The molecule has 0 fully saturated rings. The van der Waals surface area contributed by atoms with Gasteiger partial charge in [-0.15, -0.1) is 5.10 Å². The highest BCUT2D eigenvalue weighted by molar-refractivity contribution is 5.89. The molecule has 0 aliphatic rings. The van der Waals surface area contributed by atoms with E-state index in [0.717, 1.165) is 18.4 Å². The molecule has 0 radical (unpaired) electrons. The molecule has 0 spiro atoms. The first-order valence-electron chi connectivity index (χ1n) is 10.9. The van der Waals surface area contributed by atoms with Crippen molar-refractivity contribution in [3.63, 3.8) is 0 Å². The van der Waals surface area contributed by atoms with E-state index < -0.39 is 6.04 Å². The van der Waals surface area contributed by atoms with Crippen LogP contribution in [0.4, 0.5) is 0 Å². The van der Waals surface area contributed by atoms with Gasteiger partial charge in [0.2, 0.25) is 11.8 Å². The number of hydrogen-bond donors (Lipinski definition) is 1. The summed E-state index contributed by atoms with van der Waals surface area (Å²) in [5, 5.41) is 11.2. The topological polar surface area (TPSA) is 106 Å². The number of benzene rings is 1. The highest BCUT2D eigenvalue weighted by atomic mass is 16.3. The Morgan fingerprint density at radius 1 is 1.12 bits per heavy atom. The lowest BCUT2D eigenvalue weighted by Crippen LogP contribution is -2.45. The van der Waals surface area contributed by atoms with E-state index in [-0.39, 0.29) is 24.9 Å². The molecule has 9 nitrogen and oxygen atoms in total. The Hall–Kier alpha value is -4.01. The molecule has 1 atom stereocenters. The molecule has 0 saturated carbocycles. The van der Waals surface area contributed by atoms with Gasteiger partial charge in [0.25, 0.3) is 0 Å². The summed E-state index contributed by atoms with van der Waals surface area (Å²) in [6, 6.07) is 13.7. The van der Waals surface area contributed by atoms with Gasteiger partial charge in [-0.1, -0.05) is 30.7 Å². The minimum Gasteiger partial charge on any atom is -0.467 e. The van der Waals surface area contributed by atoms with Crippen molar-refractivity contribution < 1.29 is 14.0 Å². The largest absolute Gasteiger partial charge is 0.467 e. The van der Waals surface area contributed by atoms with Crippen LogP contribution in [0.5, 0.6) is 0 Å². The summed E-state index contributed by atoms with van der Waals surface area (Å²) in [4.78, 5) is 32.6. The number of unbranched alkanes of at least 4 members (excludes halogenated alkanes) is 1. The van der Waals surface area contributed by atoms with E-state index in [2.05, 4.69) is 20.6 Å². The van der Waals surface area contributed by atoms with Crippen LogP contribution in [0.1, 0.15) is 37.1 Å². The van der Waals surface area contributed by atoms with Gasteiger partial charge in [0.15, 0.2) is 0 Å².